The first kappa shape index (κ1) is 33.7. The van der Waals surface area contributed by atoms with Gasteiger partial charge in [0, 0.05) is 49.6 Å². The average molecular weight is 657 g/mol. The molecule has 0 spiro atoms. The molecule has 16 heteroatoms. The van der Waals surface area contributed by atoms with Crippen LogP contribution < -0.4 is 0 Å². The van der Waals surface area contributed by atoms with Crippen molar-refractivity contribution >= 4 is 23.9 Å². The minimum absolute atomic E-state index is 0.0756. The summed E-state index contributed by atoms with van der Waals surface area (Å²) in [5.74, 6) is -2.61. The zero-order chi connectivity index (χ0) is 33.6. The van der Waals surface area contributed by atoms with Gasteiger partial charge in [-0.2, -0.15) is 0 Å². The molecule has 0 aromatic carbocycles. The molecule has 0 aliphatic carbocycles. The molecule has 4 aromatic heterocycles. The van der Waals surface area contributed by atoms with Gasteiger partial charge in [-0.1, -0.05) is 0 Å². The minimum atomic E-state index is -0.651. The van der Waals surface area contributed by atoms with E-state index in [0.29, 0.717) is 0 Å². The van der Waals surface area contributed by atoms with Crippen molar-refractivity contribution in [2.45, 2.75) is 0 Å². The Balaban J connectivity index is 1.36. The van der Waals surface area contributed by atoms with E-state index in [1.165, 1.54) is 69.8 Å². The summed E-state index contributed by atoms with van der Waals surface area (Å²) in [6, 6.07) is 12.7. The van der Waals surface area contributed by atoms with Crippen LogP contribution in [0.1, 0.15) is 41.4 Å². The van der Waals surface area contributed by atoms with Gasteiger partial charge >= 0.3 is 23.9 Å². The van der Waals surface area contributed by atoms with E-state index in [1.54, 1.807) is 48.5 Å². The topological polar surface area (TPSA) is 170 Å². The average Bonchev–Trinajstić information content (AvgIpc) is 3.13. The third kappa shape index (κ3) is 10.2. The Hall–Kier alpha value is -5.68. The Kier molecular flexibility index (Phi) is 12.1. The van der Waals surface area contributed by atoms with Crippen LogP contribution in [0.4, 0.5) is 0 Å². The summed E-state index contributed by atoms with van der Waals surface area (Å²) in [7, 11) is 0. The number of hydrogen-bond acceptors (Lipinski definition) is 16. The molecule has 1 aliphatic rings. The lowest BCUT2D eigenvalue weighted by atomic mass is 10.3. The molecular weight excluding hydrogens is 624 g/mol. The van der Waals surface area contributed by atoms with Gasteiger partial charge in [0.1, 0.15) is 0 Å². The van der Waals surface area contributed by atoms with Crippen LogP contribution in [0, 0.1) is 0 Å². The highest BCUT2D eigenvalue weighted by Gasteiger charge is 2.25. The number of rotatable bonds is 8. The van der Waals surface area contributed by atoms with E-state index in [2.05, 4.69) is 19.9 Å². The fraction of sp³-hybridized carbons (Fsp3) is 0.250. The number of hydrogen-bond donors (Lipinski definition) is 0. The summed E-state index contributed by atoms with van der Waals surface area (Å²) in [5, 5.41) is 5.53. The van der Waals surface area contributed by atoms with Crippen LogP contribution in [0.25, 0.3) is 0 Å². The lowest BCUT2D eigenvalue weighted by Crippen LogP contribution is -2.47. The molecule has 0 N–H and O–H groups in total. The normalized spacial score (nSPS) is 15.7. The molecule has 5 rings (SSSR count). The van der Waals surface area contributed by atoms with Crippen LogP contribution >= 0.6 is 0 Å². The monoisotopic (exact) mass is 656 g/mol. The fourth-order valence-corrected chi connectivity index (χ4v) is 4.32. The summed E-state index contributed by atoms with van der Waals surface area (Å²) >= 11 is 0. The van der Waals surface area contributed by atoms with Crippen LogP contribution in [0.2, 0.25) is 0 Å². The lowest BCUT2D eigenvalue weighted by Gasteiger charge is -2.31. The van der Waals surface area contributed by atoms with Gasteiger partial charge in [-0.25, -0.2) is 19.2 Å². The van der Waals surface area contributed by atoms with Crippen molar-refractivity contribution < 1.29 is 38.5 Å². The maximum absolute atomic E-state index is 13.0. The Morgan fingerprint density at radius 3 is 0.771 bits per heavy atom. The zero-order valence-electron chi connectivity index (χ0n) is 25.7. The molecule has 248 valence electrons. The van der Waals surface area contributed by atoms with Gasteiger partial charge in [0.2, 0.25) is 0 Å². The van der Waals surface area contributed by atoms with Gasteiger partial charge in [-0.05, 0) is 48.5 Å². The second-order valence-corrected chi connectivity index (χ2v) is 10.2. The van der Waals surface area contributed by atoms with E-state index in [-0.39, 0.29) is 74.6 Å². The van der Waals surface area contributed by atoms with Crippen molar-refractivity contribution in [3.05, 3.63) is 120 Å². The number of carbonyl (C=O) groups excluding carboxylic acids is 4. The molecule has 0 amide bonds. The van der Waals surface area contributed by atoms with Crippen LogP contribution in [-0.4, -0.2) is 116 Å². The Morgan fingerprint density at radius 1 is 0.396 bits per heavy atom. The number of pyridine rings is 4. The van der Waals surface area contributed by atoms with E-state index in [4.69, 9.17) is 19.4 Å². The highest BCUT2D eigenvalue weighted by Crippen LogP contribution is 2.10. The summed E-state index contributed by atoms with van der Waals surface area (Å²) in [4.78, 5) is 90.5. The molecule has 48 heavy (non-hydrogen) atoms. The lowest BCUT2D eigenvalue weighted by molar-refractivity contribution is -0.188. The summed E-state index contributed by atoms with van der Waals surface area (Å²) in [5.41, 5.74) is 0.924. The van der Waals surface area contributed by atoms with Crippen LogP contribution in [0.3, 0.4) is 0 Å². The molecular formula is C32H32N8O8. The second-order valence-electron chi connectivity index (χ2n) is 10.2. The number of carbonyl (C=O) groups is 4. The highest BCUT2D eigenvalue weighted by atomic mass is 16.7. The molecule has 5 heterocycles. The van der Waals surface area contributed by atoms with Gasteiger partial charge < -0.3 is 19.4 Å². The first-order chi connectivity index (χ1) is 23.4. The number of aromatic nitrogens is 4. The molecule has 1 aliphatic heterocycles. The van der Waals surface area contributed by atoms with Gasteiger partial charge in [0.25, 0.3) is 0 Å². The van der Waals surface area contributed by atoms with Crippen molar-refractivity contribution in [2.24, 2.45) is 0 Å². The van der Waals surface area contributed by atoms with E-state index in [9.17, 15) is 19.2 Å². The standard InChI is InChI=1S/C32H32N8O8/c41-29(25-5-1-9-33-21-25)45-37-13-15-38(46-30(42)26-6-2-10-34-22-26)17-19-40(48-32(44)28-8-4-12-36-24-28)20-18-39(16-14-37)47-31(43)27-7-3-11-35-23-27/h1-12,21-24H,13-20H2. The molecule has 0 bridgehead atoms. The highest BCUT2D eigenvalue weighted by molar-refractivity contribution is 5.90. The smallest absolute Gasteiger partial charge is 0.358 e. The first-order valence-corrected chi connectivity index (χ1v) is 14.9. The fourth-order valence-electron chi connectivity index (χ4n) is 4.32. The van der Waals surface area contributed by atoms with Crippen molar-refractivity contribution in [3.8, 4) is 0 Å². The zero-order valence-corrected chi connectivity index (χ0v) is 25.7. The van der Waals surface area contributed by atoms with E-state index in [1.807, 2.05) is 0 Å². The van der Waals surface area contributed by atoms with E-state index >= 15 is 0 Å². The summed E-state index contributed by atoms with van der Waals surface area (Å²) < 4.78 is 0. The van der Waals surface area contributed by atoms with E-state index in [0.717, 1.165) is 0 Å². The quantitative estimate of drug-likeness (QED) is 0.269. The maximum atomic E-state index is 13.0. The maximum Gasteiger partial charge on any atom is 0.358 e. The number of nitrogens with zero attached hydrogens (tertiary/aromatic N) is 8. The predicted octanol–water partition coefficient (Wildman–Crippen LogP) is 1.88. The Labute approximate surface area is 275 Å². The van der Waals surface area contributed by atoms with Gasteiger partial charge in [-0.15, -0.1) is 20.3 Å². The molecule has 0 atom stereocenters. The van der Waals surface area contributed by atoms with Crippen molar-refractivity contribution in [1.82, 2.24) is 40.2 Å². The van der Waals surface area contributed by atoms with Crippen molar-refractivity contribution in [3.63, 3.8) is 0 Å². The third-order valence-electron chi connectivity index (χ3n) is 6.83. The van der Waals surface area contributed by atoms with Crippen molar-refractivity contribution in [2.75, 3.05) is 52.4 Å². The second kappa shape index (κ2) is 17.3. The van der Waals surface area contributed by atoms with Gasteiger partial charge in [0.15, 0.2) is 0 Å². The summed E-state index contributed by atoms with van der Waals surface area (Å²) in [6.07, 6.45) is 11.7. The third-order valence-corrected chi connectivity index (χ3v) is 6.83. The molecule has 1 fully saturated rings. The minimum Gasteiger partial charge on any atom is -0.364 e. The SMILES string of the molecule is O=C(ON1CCN(OC(=O)c2cccnc2)CCN(OC(=O)c2cccnc2)CCN(OC(=O)c2cccnc2)CC1)c1cccnc1. The van der Waals surface area contributed by atoms with E-state index < -0.39 is 23.9 Å². The van der Waals surface area contributed by atoms with Crippen LogP contribution in [0.5, 0.6) is 0 Å². The van der Waals surface area contributed by atoms with Crippen molar-refractivity contribution in [1.29, 1.82) is 0 Å². The van der Waals surface area contributed by atoms with Crippen LogP contribution in [0.15, 0.2) is 98.1 Å². The molecule has 0 radical (unpaired) electrons. The Morgan fingerprint density at radius 2 is 0.604 bits per heavy atom. The molecule has 16 nitrogen and oxygen atoms in total. The molecule has 1 saturated heterocycles. The predicted molar refractivity (Wildman–Crippen MR) is 165 cm³/mol. The molecule has 0 unspecified atom stereocenters. The molecule has 4 aromatic rings. The largest absolute Gasteiger partial charge is 0.364 e. The first-order valence-electron chi connectivity index (χ1n) is 14.9. The van der Waals surface area contributed by atoms with Gasteiger partial charge in [-0.3, -0.25) is 19.9 Å². The summed E-state index contributed by atoms with van der Waals surface area (Å²) in [6.45, 7) is 0.605. The Bertz CT molecular complexity index is 1380. The molecule has 0 saturated carbocycles. The van der Waals surface area contributed by atoms with Crippen LogP contribution in [-0.2, 0) is 19.4 Å². The van der Waals surface area contributed by atoms with Gasteiger partial charge in [0.05, 0.1) is 74.6 Å². The number of hydroxylamine groups is 8.